The minimum atomic E-state index is 0.0634. The fourth-order valence-electron chi connectivity index (χ4n) is 4.15. The Balaban J connectivity index is 1.54. The fraction of sp³-hybridized carbons (Fsp3) is 0.458. The fourth-order valence-corrected chi connectivity index (χ4v) is 4.15. The third-order valence-electron chi connectivity index (χ3n) is 5.62. The molecule has 0 radical (unpaired) electrons. The van der Waals surface area contributed by atoms with Crippen LogP contribution < -0.4 is 9.47 Å². The molecule has 148 valence electrons. The molecular formula is C24H29NO3. The van der Waals surface area contributed by atoms with Gasteiger partial charge in [0.15, 0.2) is 5.78 Å². The first kappa shape index (κ1) is 19.0. The van der Waals surface area contributed by atoms with E-state index in [4.69, 9.17) is 9.47 Å². The van der Waals surface area contributed by atoms with Crippen LogP contribution in [0.25, 0.3) is 11.1 Å². The Kier molecular flexibility index (Phi) is 5.96. The Morgan fingerprint density at radius 3 is 2.00 bits per heavy atom. The highest BCUT2D eigenvalue weighted by Crippen LogP contribution is 2.47. The average Bonchev–Trinajstić information content (AvgIpc) is 3.33. The van der Waals surface area contributed by atoms with E-state index in [1.807, 2.05) is 36.4 Å². The maximum absolute atomic E-state index is 12.9. The molecule has 4 rings (SSSR count). The van der Waals surface area contributed by atoms with E-state index in [2.05, 4.69) is 11.8 Å². The number of ether oxygens (including phenoxy) is 2. The second-order valence-electron chi connectivity index (χ2n) is 7.64. The predicted octanol–water partition coefficient (Wildman–Crippen LogP) is 4.94. The van der Waals surface area contributed by atoms with E-state index in [1.54, 1.807) is 0 Å². The van der Waals surface area contributed by atoms with E-state index in [0.29, 0.717) is 13.2 Å². The van der Waals surface area contributed by atoms with E-state index in [-0.39, 0.29) is 5.78 Å². The maximum Gasteiger partial charge on any atom is 0.194 e. The molecule has 2 aromatic rings. The number of carbonyl (C=O) groups excluding carboxylic acids is 1. The lowest BCUT2D eigenvalue weighted by molar-refractivity contribution is 0.104. The number of nitrogens with zero attached hydrogens (tertiary/aromatic N) is 1. The second kappa shape index (κ2) is 8.78. The Morgan fingerprint density at radius 1 is 0.857 bits per heavy atom. The van der Waals surface area contributed by atoms with Gasteiger partial charge in [0.25, 0.3) is 0 Å². The molecule has 0 bridgehead atoms. The summed E-state index contributed by atoms with van der Waals surface area (Å²) in [5.74, 6) is 1.64. The topological polar surface area (TPSA) is 38.8 Å². The van der Waals surface area contributed by atoms with Gasteiger partial charge in [-0.05, 0) is 50.9 Å². The van der Waals surface area contributed by atoms with Crippen LogP contribution >= 0.6 is 0 Å². The molecule has 4 nitrogen and oxygen atoms in total. The Labute approximate surface area is 167 Å². The van der Waals surface area contributed by atoms with Gasteiger partial charge in [-0.3, -0.25) is 4.79 Å². The number of fused-ring (bicyclic) bond motifs is 3. The highest BCUT2D eigenvalue weighted by atomic mass is 16.5. The van der Waals surface area contributed by atoms with Crippen molar-refractivity contribution < 1.29 is 14.3 Å². The first-order valence-corrected chi connectivity index (χ1v) is 10.6. The monoisotopic (exact) mass is 379 g/mol. The van der Waals surface area contributed by atoms with Crippen LogP contribution in [-0.2, 0) is 0 Å². The first-order chi connectivity index (χ1) is 13.8. The maximum atomic E-state index is 12.9. The number of benzene rings is 2. The summed E-state index contributed by atoms with van der Waals surface area (Å²) in [6.45, 7) is 6.97. The van der Waals surface area contributed by atoms with Gasteiger partial charge in [0.05, 0.1) is 13.2 Å². The third-order valence-corrected chi connectivity index (χ3v) is 5.62. The lowest BCUT2D eigenvalue weighted by Gasteiger charge is -2.16. The largest absolute Gasteiger partial charge is 0.493 e. The number of carbonyl (C=O) groups is 1. The molecule has 2 aliphatic rings. The second-order valence-corrected chi connectivity index (χ2v) is 7.64. The molecule has 0 atom stereocenters. The van der Waals surface area contributed by atoms with Crippen LogP contribution in [0.4, 0.5) is 0 Å². The van der Waals surface area contributed by atoms with Crippen molar-refractivity contribution in [2.24, 2.45) is 0 Å². The molecule has 4 heteroatoms. The molecule has 0 saturated carbocycles. The van der Waals surface area contributed by atoms with Crippen molar-refractivity contribution in [2.45, 2.75) is 39.0 Å². The summed E-state index contributed by atoms with van der Waals surface area (Å²) >= 11 is 0. The van der Waals surface area contributed by atoms with Crippen LogP contribution in [0, 0.1) is 0 Å². The molecule has 1 aliphatic carbocycles. The molecule has 0 aromatic heterocycles. The van der Waals surface area contributed by atoms with Gasteiger partial charge in [0.2, 0.25) is 0 Å². The van der Waals surface area contributed by atoms with Gasteiger partial charge in [-0.2, -0.15) is 0 Å². The number of ketones is 1. The zero-order valence-electron chi connectivity index (χ0n) is 16.7. The normalized spacial score (nSPS) is 15.5. The molecule has 2 aromatic carbocycles. The van der Waals surface area contributed by atoms with Gasteiger partial charge in [0.1, 0.15) is 11.5 Å². The number of unbranched alkanes of at least 4 members (excludes halogenated alkanes) is 1. The Bertz CT molecular complexity index is 840. The van der Waals surface area contributed by atoms with Crippen molar-refractivity contribution in [3.63, 3.8) is 0 Å². The molecule has 0 N–H and O–H groups in total. The van der Waals surface area contributed by atoms with Gasteiger partial charge in [-0.1, -0.05) is 37.6 Å². The Morgan fingerprint density at radius 2 is 1.43 bits per heavy atom. The smallest absolute Gasteiger partial charge is 0.194 e. The van der Waals surface area contributed by atoms with Crippen LogP contribution in [0.3, 0.4) is 0 Å². The van der Waals surface area contributed by atoms with Crippen molar-refractivity contribution >= 4 is 5.78 Å². The summed E-state index contributed by atoms with van der Waals surface area (Å²) in [7, 11) is 0. The summed E-state index contributed by atoms with van der Waals surface area (Å²) < 4.78 is 12.2. The highest BCUT2D eigenvalue weighted by Gasteiger charge is 2.32. The highest BCUT2D eigenvalue weighted by molar-refractivity contribution is 6.23. The lowest BCUT2D eigenvalue weighted by Crippen LogP contribution is -2.21. The van der Waals surface area contributed by atoms with Crippen LogP contribution in [0.5, 0.6) is 11.5 Å². The van der Waals surface area contributed by atoms with Gasteiger partial charge < -0.3 is 14.4 Å². The van der Waals surface area contributed by atoms with Crippen molar-refractivity contribution in [1.29, 1.82) is 0 Å². The van der Waals surface area contributed by atoms with E-state index >= 15 is 0 Å². The van der Waals surface area contributed by atoms with Crippen molar-refractivity contribution in [3.8, 4) is 22.6 Å². The van der Waals surface area contributed by atoms with E-state index in [9.17, 15) is 4.79 Å². The van der Waals surface area contributed by atoms with E-state index in [1.165, 1.54) is 25.9 Å². The zero-order chi connectivity index (χ0) is 19.3. The molecule has 0 amide bonds. The lowest BCUT2D eigenvalue weighted by atomic mass is 10.0. The standard InChI is InChI=1S/C24H29NO3/c1-2-3-16-27-20-11-6-9-18-22(20)23-19(24(18)26)10-7-12-21(23)28-17-8-15-25-13-4-5-14-25/h6-7,9-12H,2-5,8,13-17H2,1H3. The van der Waals surface area contributed by atoms with E-state index < -0.39 is 0 Å². The first-order valence-electron chi connectivity index (χ1n) is 10.6. The van der Waals surface area contributed by atoms with Crippen LogP contribution in [0.15, 0.2) is 36.4 Å². The number of rotatable bonds is 9. The molecule has 0 spiro atoms. The van der Waals surface area contributed by atoms with Gasteiger partial charge in [0, 0.05) is 28.8 Å². The molecular weight excluding hydrogens is 350 g/mol. The summed E-state index contributed by atoms with van der Waals surface area (Å²) in [5, 5.41) is 0. The Hall–Kier alpha value is -2.33. The number of hydrogen-bond acceptors (Lipinski definition) is 4. The van der Waals surface area contributed by atoms with Crippen LogP contribution in [0.2, 0.25) is 0 Å². The van der Waals surface area contributed by atoms with Crippen LogP contribution in [-0.4, -0.2) is 43.5 Å². The minimum absolute atomic E-state index is 0.0634. The SMILES string of the molecule is CCCCOc1cccc2c1-c1c(OCCCN3CCCC3)cccc1C2=O. The predicted molar refractivity (Wildman–Crippen MR) is 111 cm³/mol. The summed E-state index contributed by atoms with van der Waals surface area (Å²) in [5.41, 5.74) is 3.24. The van der Waals surface area contributed by atoms with Crippen molar-refractivity contribution in [1.82, 2.24) is 4.90 Å². The molecule has 1 heterocycles. The molecule has 28 heavy (non-hydrogen) atoms. The van der Waals surface area contributed by atoms with Gasteiger partial charge in [-0.25, -0.2) is 0 Å². The van der Waals surface area contributed by atoms with Crippen molar-refractivity contribution in [2.75, 3.05) is 32.8 Å². The molecule has 1 aliphatic heterocycles. The summed E-state index contributed by atoms with van der Waals surface area (Å²) in [4.78, 5) is 15.4. The summed E-state index contributed by atoms with van der Waals surface area (Å²) in [6, 6.07) is 11.5. The quantitative estimate of drug-likeness (QED) is 0.494. The molecule has 0 unspecified atom stereocenters. The summed E-state index contributed by atoms with van der Waals surface area (Å²) in [6.07, 6.45) is 5.70. The number of hydrogen-bond donors (Lipinski definition) is 0. The van der Waals surface area contributed by atoms with E-state index in [0.717, 1.165) is 59.6 Å². The van der Waals surface area contributed by atoms with Crippen molar-refractivity contribution in [3.05, 3.63) is 47.5 Å². The molecule has 1 fully saturated rings. The zero-order valence-corrected chi connectivity index (χ0v) is 16.7. The van der Waals surface area contributed by atoms with Gasteiger partial charge >= 0.3 is 0 Å². The van der Waals surface area contributed by atoms with Gasteiger partial charge in [-0.15, -0.1) is 0 Å². The average molecular weight is 380 g/mol. The minimum Gasteiger partial charge on any atom is -0.493 e. The third kappa shape index (κ3) is 3.79. The number of likely N-dealkylation sites (tertiary alicyclic amines) is 1. The molecule has 1 saturated heterocycles. The van der Waals surface area contributed by atoms with Crippen LogP contribution in [0.1, 0.15) is 54.9 Å².